The first-order valence-electron chi connectivity index (χ1n) is 6.10. The highest BCUT2D eigenvalue weighted by Gasteiger charge is 2.20. The molecule has 18 heavy (non-hydrogen) atoms. The lowest BCUT2D eigenvalue weighted by atomic mass is 10.5. The minimum absolute atomic E-state index is 0.138. The highest BCUT2D eigenvalue weighted by molar-refractivity contribution is 7.89. The summed E-state index contributed by atoms with van der Waals surface area (Å²) in [5, 5.41) is 7.29. The monoisotopic (exact) mass is 273 g/mol. The summed E-state index contributed by atoms with van der Waals surface area (Å²) in [6, 6.07) is 0.624. The molecule has 1 fully saturated rings. The highest BCUT2D eigenvalue weighted by Crippen LogP contribution is 2.18. The van der Waals surface area contributed by atoms with Crippen molar-refractivity contribution in [3.05, 3.63) is 12.2 Å². The van der Waals surface area contributed by atoms with E-state index in [1.54, 1.807) is 18.1 Å². The molecule has 0 unspecified atom stereocenters. The molecule has 1 saturated carbocycles. The predicted octanol–water partition coefficient (Wildman–Crippen LogP) is -0.623. The number of sulfonamides is 1. The lowest BCUT2D eigenvalue weighted by Crippen LogP contribution is -2.28. The number of aromatic nitrogens is 3. The van der Waals surface area contributed by atoms with Crippen LogP contribution in [0.25, 0.3) is 0 Å². The topological polar surface area (TPSA) is 88.9 Å². The van der Waals surface area contributed by atoms with Crippen molar-refractivity contribution in [1.82, 2.24) is 24.8 Å². The third-order valence-electron chi connectivity index (χ3n) is 2.70. The summed E-state index contributed by atoms with van der Waals surface area (Å²) in [6.45, 7) is 0.909. The summed E-state index contributed by atoms with van der Waals surface area (Å²) >= 11 is 0. The first-order chi connectivity index (χ1) is 8.55. The molecule has 1 aliphatic rings. The van der Waals surface area contributed by atoms with Crippen molar-refractivity contribution >= 4 is 10.0 Å². The molecule has 0 aromatic carbocycles. The zero-order chi connectivity index (χ0) is 13.0. The second kappa shape index (κ2) is 5.77. The molecule has 2 rings (SSSR count). The molecule has 7 nitrogen and oxygen atoms in total. The van der Waals surface area contributed by atoms with E-state index in [0.29, 0.717) is 18.3 Å². The number of rotatable bonds is 8. The number of nitrogens with zero attached hydrogens (tertiary/aromatic N) is 3. The minimum atomic E-state index is -3.23. The van der Waals surface area contributed by atoms with Crippen molar-refractivity contribution in [2.24, 2.45) is 7.05 Å². The fraction of sp³-hybridized carbons (Fsp3) is 0.800. The van der Waals surface area contributed by atoms with Crippen LogP contribution in [0, 0.1) is 0 Å². The second-order valence-corrected chi connectivity index (χ2v) is 6.48. The Morgan fingerprint density at radius 2 is 2.28 bits per heavy atom. The zero-order valence-corrected chi connectivity index (χ0v) is 11.3. The van der Waals surface area contributed by atoms with E-state index in [1.165, 1.54) is 12.8 Å². The summed E-state index contributed by atoms with van der Waals surface area (Å²) in [5.41, 5.74) is 0. The van der Waals surface area contributed by atoms with Gasteiger partial charge in [0.25, 0.3) is 0 Å². The fourth-order valence-corrected chi connectivity index (χ4v) is 2.59. The number of nitrogens with one attached hydrogen (secondary N) is 2. The van der Waals surface area contributed by atoms with Gasteiger partial charge in [-0.05, 0) is 25.8 Å². The van der Waals surface area contributed by atoms with Crippen LogP contribution in [0.3, 0.4) is 0 Å². The van der Waals surface area contributed by atoms with Crippen molar-refractivity contribution in [2.45, 2.75) is 31.8 Å². The molecule has 0 amide bonds. The Bertz CT molecular complexity index is 480. The summed E-state index contributed by atoms with van der Waals surface area (Å²) in [6.07, 6.45) is 4.61. The second-order valence-electron chi connectivity index (χ2n) is 4.56. The molecule has 0 aliphatic heterocycles. The van der Waals surface area contributed by atoms with Gasteiger partial charge in [0.05, 0.1) is 12.3 Å². The molecule has 102 valence electrons. The minimum Gasteiger partial charge on any atom is -0.314 e. The van der Waals surface area contributed by atoms with Crippen molar-refractivity contribution < 1.29 is 8.42 Å². The number of hydrogen-bond acceptors (Lipinski definition) is 5. The van der Waals surface area contributed by atoms with Crippen LogP contribution < -0.4 is 10.0 Å². The maximum atomic E-state index is 11.7. The summed E-state index contributed by atoms with van der Waals surface area (Å²) < 4.78 is 27.4. The highest BCUT2D eigenvalue weighted by atomic mass is 32.2. The van der Waals surface area contributed by atoms with E-state index in [2.05, 4.69) is 20.1 Å². The van der Waals surface area contributed by atoms with Gasteiger partial charge >= 0.3 is 0 Å². The average Bonchev–Trinajstić information content (AvgIpc) is 3.04. The lowest BCUT2D eigenvalue weighted by molar-refractivity contribution is 0.572. The SMILES string of the molecule is Cn1cnc(CNS(=O)(=O)CCCNC2CC2)n1. The van der Waals surface area contributed by atoms with Gasteiger partial charge in [-0.2, -0.15) is 5.10 Å². The van der Waals surface area contributed by atoms with Gasteiger partial charge in [0, 0.05) is 13.1 Å². The van der Waals surface area contributed by atoms with Crippen LogP contribution >= 0.6 is 0 Å². The van der Waals surface area contributed by atoms with Crippen LogP contribution in [-0.2, 0) is 23.6 Å². The summed E-state index contributed by atoms with van der Waals surface area (Å²) in [7, 11) is -1.48. The molecule has 0 spiro atoms. The third kappa shape index (κ3) is 4.71. The molecule has 1 aromatic rings. The fourth-order valence-electron chi connectivity index (χ4n) is 1.57. The van der Waals surface area contributed by atoms with Gasteiger partial charge in [-0.3, -0.25) is 4.68 Å². The molecule has 8 heteroatoms. The summed E-state index contributed by atoms with van der Waals surface area (Å²) in [5.74, 6) is 0.622. The van der Waals surface area contributed by atoms with Crippen LogP contribution in [0.5, 0.6) is 0 Å². The van der Waals surface area contributed by atoms with Crippen LogP contribution in [0.1, 0.15) is 25.1 Å². The Balaban J connectivity index is 1.66. The molecule has 2 N–H and O–H groups in total. The Kier molecular flexibility index (Phi) is 4.31. The molecule has 1 aromatic heterocycles. The van der Waals surface area contributed by atoms with Crippen LogP contribution in [-0.4, -0.2) is 41.5 Å². The van der Waals surface area contributed by atoms with E-state index < -0.39 is 10.0 Å². The lowest BCUT2D eigenvalue weighted by Gasteiger charge is -2.05. The number of aryl methyl sites for hydroxylation is 1. The Morgan fingerprint density at radius 1 is 1.50 bits per heavy atom. The molecular formula is C10H19N5O2S. The Morgan fingerprint density at radius 3 is 2.89 bits per heavy atom. The molecule has 0 bridgehead atoms. The van der Waals surface area contributed by atoms with Gasteiger partial charge in [0.1, 0.15) is 6.33 Å². The van der Waals surface area contributed by atoms with Crippen LogP contribution in [0.4, 0.5) is 0 Å². The van der Waals surface area contributed by atoms with Gasteiger partial charge in [-0.1, -0.05) is 0 Å². The van der Waals surface area contributed by atoms with E-state index in [4.69, 9.17) is 0 Å². The van der Waals surface area contributed by atoms with Crippen molar-refractivity contribution in [2.75, 3.05) is 12.3 Å². The van der Waals surface area contributed by atoms with E-state index in [0.717, 1.165) is 6.54 Å². The Hall–Kier alpha value is -0.990. The number of hydrogen-bond donors (Lipinski definition) is 2. The molecule has 0 saturated heterocycles. The van der Waals surface area contributed by atoms with E-state index in [1.807, 2.05) is 0 Å². The zero-order valence-electron chi connectivity index (χ0n) is 10.5. The smallest absolute Gasteiger partial charge is 0.212 e. The maximum absolute atomic E-state index is 11.7. The first kappa shape index (κ1) is 13.4. The third-order valence-corrected chi connectivity index (χ3v) is 4.11. The standard InChI is InChI=1S/C10H19N5O2S/c1-15-8-12-10(14-15)7-13-18(16,17)6-2-5-11-9-3-4-9/h8-9,11,13H,2-7H2,1H3. The Labute approximate surface area is 107 Å². The predicted molar refractivity (Wildman–Crippen MR) is 67.3 cm³/mol. The quantitative estimate of drug-likeness (QED) is 0.616. The normalized spacial score (nSPS) is 16.1. The van der Waals surface area contributed by atoms with Gasteiger partial charge in [0.2, 0.25) is 10.0 Å². The van der Waals surface area contributed by atoms with E-state index in [9.17, 15) is 8.42 Å². The molecule has 0 atom stereocenters. The van der Waals surface area contributed by atoms with Crippen LogP contribution in [0.15, 0.2) is 6.33 Å². The van der Waals surface area contributed by atoms with E-state index in [-0.39, 0.29) is 12.3 Å². The maximum Gasteiger partial charge on any atom is 0.212 e. The van der Waals surface area contributed by atoms with E-state index >= 15 is 0 Å². The molecular weight excluding hydrogens is 254 g/mol. The van der Waals surface area contributed by atoms with Crippen LogP contribution in [0.2, 0.25) is 0 Å². The first-order valence-corrected chi connectivity index (χ1v) is 7.76. The van der Waals surface area contributed by atoms with Gasteiger partial charge in [0.15, 0.2) is 5.82 Å². The molecule has 1 aliphatic carbocycles. The van der Waals surface area contributed by atoms with Crippen molar-refractivity contribution in [1.29, 1.82) is 0 Å². The average molecular weight is 273 g/mol. The van der Waals surface area contributed by atoms with Crippen molar-refractivity contribution in [3.8, 4) is 0 Å². The van der Waals surface area contributed by atoms with Gasteiger partial charge in [-0.25, -0.2) is 18.1 Å². The molecule has 0 radical (unpaired) electrons. The van der Waals surface area contributed by atoms with Crippen molar-refractivity contribution in [3.63, 3.8) is 0 Å². The van der Waals surface area contributed by atoms with Gasteiger partial charge in [-0.15, -0.1) is 0 Å². The largest absolute Gasteiger partial charge is 0.314 e. The molecule has 1 heterocycles. The summed E-state index contributed by atoms with van der Waals surface area (Å²) in [4.78, 5) is 3.96. The van der Waals surface area contributed by atoms with Gasteiger partial charge < -0.3 is 5.32 Å².